The van der Waals surface area contributed by atoms with Gasteiger partial charge in [0, 0.05) is 24.5 Å². The first-order valence-electron chi connectivity index (χ1n) is 4.11. The van der Waals surface area contributed by atoms with Crippen molar-refractivity contribution in [3.63, 3.8) is 0 Å². The van der Waals surface area contributed by atoms with Gasteiger partial charge in [-0.05, 0) is 13.8 Å². The van der Waals surface area contributed by atoms with Crippen LogP contribution in [-0.2, 0) is 6.42 Å². The number of aryl methyl sites for hydroxylation is 2. The smallest absolute Gasteiger partial charge is 0.112 e. The SMILES string of the molecule is CCc1nc(C)cn1/C=C(/C)N. The molecule has 12 heavy (non-hydrogen) atoms. The van der Waals surface area contributed by atoms with Gasteiger partial charge in [-0.2, -0.15) is 0 Å². The summed E-state index contributed by atoms with van der Waals surface area (Å²) in [6, 6.07) is 0. The Hall–Kier alpha value is -1.25. The van der Waals surface area contributed by atoms with Gasteiger partial charge in [0.15, 0.2) is 0 Å². The molecule has 0 amide bonds. The molecule has 0 saturated heterocycles. The molecule has 0 radical (unpaired) electrons. The number of nitrogens with zero attached hydrogens (tertiary/aromatic N) is 2. The van der Waals surface area contributed by atoms with Crippen LogP contribution in [0.3, 0.4) is 0 Å². The Morgan fingerprint density at radius 3 is 2.92 bits per heavy atom. The van der Waals surface area contributed by atoms with Crippen LogP contribution >= 0.6 is 0 Å². The van der Waals surface area contributed by atoms with Gasteiger partial charge < -0.3 is 10.3 Å². The van der Waals surface area contributed by atoms with Crippen LogP contribution < -0.4 is 5.73 Å². The Kier molecular flexibility index (Phi) is 2.53. The van der Waals surface area contributed by atoms with Crippen LogP contribution in [0.5, 0.6) is 0 Å². The van der Waals surface area contributed by atoms with Crippen LogP contribution in [0.15, 0.2) is 11.9 Å². The van der Waals surface area contributed by atoms with E-state index in [1.165, 1.54) is 0 Å². The maximum Gasteiger partial charge on any atom is 0.112 e. The van der Waals surface area contributed by atoms with Crippen LogP contribution in [0.25, 0.3) is 6.20 Å². The first kappa shape index (κ1) is 8.84. The summed E-state index contributed by atoms with van der Waals surface area (Å²) in [7, 11) is 0. The molecule has 66 valence electrons. The van der Waals surface area contributed by atoms with Crippen molar-refractivity contribution in [2.45, 2.75) is 27.2 Å². The molecule has 2 N–H and O–H groups in total. The molecule has 0 fully saturated rings. The summed E-state index contributed by atoms with van der Waals surface area (Å²) >= 11 is 0. The lowest BCUT2D eigenvalue weighted by Crippen LogP contribution is -1.98. The second kappa shape index (κ2) is 3.43. The molecular weight excluding hydrogens is 150 g/mol. The minimum absolute atomic E-state index is 0.794. The second-order valence-electron chi connectivity index (χ2n) is 2.93. The molecule has 3 heteroatoms. The third-order valence-corrected chi connectivity index (χ3v) is 1.59. The summed E-state index contributed by atoms with van der Waals surface area (Å²) in [6.07, 6.45) is 4.80. The normalized spacial score (nSPS) is 12.1. The molecule has 0 atom stereocenters. The topological polar surface area (TPSA) is 43.8 Å². The Bertz CT molecular complexity index is 293. The fourth-order valence-electron chi connectivity index (χ4n) is 1.16. The molecule has 1 aromatic rings. The van der Waals surface area contributed by atoms with Crippen molar-refractivity contribution >= 4 is 6.20 Å². The van der Waals surface area contributed by atoms with Crippen molar-refractivity contribution in [1.29, 1.82) is 0 Å². The quantitative estimate of drug-likeness (QED) is 0.722. The number of hydrogen-bond donors (Lipinski definition) is 1. The highest BCUT2D eigenvalue weighted by Gasteiger charge is 1.99. The van der Waals surface area contributed by atoms with Crippen molar-refractivity contribution < 1.29 is 0 Å². The van der Waals surface area contributed by atoms with Gasteiger partial charge in [-0.25, -0.2) is 4.98 Å². The zero-order valence-corrected chi connectivity index (χ0v) is 7.83. The van der Waals surface area contributed by atoms with E-state index in [2.05, 4.69) is 11.9 Å². The van der Waals surface area contributed by atoms with E-state index in [-0.39, 0.29) is 0 Å². The summed E-state index contributed by atoms with van der Waals surface area (Å²) in [6.45, 7) is 5.93. The van der Waals surface area contributed by atoms with Gasteiger partial charge >= 0.3 is 0 Å². The third kappa shape index (κ3) is 1.87. The summed E-state index contributed by atoms with van der Waals surface area (Å²) in [5.41, 5.74) is 7.40. The Labute approximate surface area is 72.9 Å². The molecular formula is C9H15N3. The van der Waals surface area contributed by atoms with E-state index in [0.717, 1.165) is 23.6 Å². The maximum atomic E-state index is 5.57. The van der Waals surface area contributed by atoms with Gasteiger partial charge in [0.25, 0.3) is 0 Å². The lowest BCUT2D eigenvalue weighted by Gasteiger charge is -1.98. The van der Waals surface area contributed by atoms with Gasteiger partial charge in [0.05, 0.1) is 5.69 Å². The fraction of sp³-hybridized carbons (Fsp3) is 0.444. The summed E-state index contributed by atoms with van der Waals surface area (Å²) < 4.78 is 1.98. The largest absolute Gasteiger partial charge is 0.401 e. The minimum Gasteiger partial charge on any atom is -0.401 e. The Balaban J connectivity index is 3.05. The average Bonchev–Trinajstić information content (AvgIpc) is 2.29. The van der Waals surface area contributed by atoms with Gasteiger partial charge in [-0.3, -0.25) is 0 Å². The highest BCUT2D eigenvalue weighted by molar-refractivity contribution is 5.30. The number of nitrogens with two attached hydrogens (primary N) is 1. The van der Waals surface area contributed by atoms with E-state index < -0.39 is 0 Å². The van der Waals surface area contributed by atoms with Gasteiger partial charge in [-0.15, -0.1) is 0 Å². The van der Waals surface area contributed by atoms with Crippen LogP contribution in [0.4, 0.5) is 0 Å². The average molecular weight is 165 g/mol. The number of rotatable bonds is 2. The number of hydrogen-bond acceptors (Lipinski definition) is 2. The van der Waals surface area contributed by atoms with Crippen LogP contribution in [0.2, 0.25) is 0 Å². The second-order valence-corrected chi connectivity index (χ2v) is 2.93. The van der Waals surface area contributed by atoms with Crippen LogP contribution in [0, 0.1) is 6.92 Å². The molecule has 0 aliphatic rings. The molecule has 0 saturated carbocycles. The van der Waals surface area contributed by atoms with Crippen LogP contribution in [0.1, 0.15) is 25.4 Å². The number of imidazole rings is 1. The van der Waals surface area contributed by atoms with E-state index in [1.807, 2.05) is 30.8 Å². The summed E-state index contributed by atoms with van der Waals surface area (Å²) in [5.74, 6) is 1.05. The molecule has 0 unspecified atom stereocenters. The van der Waals surface area contributed by atoms with Crippen molar-refractivity contribution in [3.8, 4) is 0 Å². The van der Waals surface area contributed by atoms with E-state index in [1.54, 1.807) is 0 Å². The summed E-state index contributed by atoms with van der Waals surface area (Å²) in [4.78, 5) is 4.34. The van der Waals surface area contributed by atoms with Gasteiger partial charge in [-0.1, -0.05) is 6.92 Å². The molecule has 0 aliphatic heterocycles. The predicted molar refractivity (Wildman–Crippen MR) is 50.5 cm³/mol. The van der Waals surface area contributed by atoms with E-state index in [4.69, 9.17) is 5.73 Å². The molecule has 0 bridgehead atoms. The highest BCUT2D eigenvalue weighted by atomic mass is 15.1. The molecule has 0 spiro atoms. The van der Waals surface area contributed by atoms with Gasteiger partial charge in [0.1, 0.15) is 5.82 Å². The Morgan fingerprint density at radius 2 is 2.42 bits per heavy atom. The molecule has 0 aromatic carbocycles. The van der Waals surface area contributed by atoms with E-state index in [0.29, 0.717) is 0 Å². The zero-order chi connectivity index (χ0) is 9.14. The molecule has 1 rings (SSSR count). The minimum atomic E-state index is 0.794. The lowest BCUT2D eigenvalue weighted by molar-refractivity contribution is 0.916. The maximum absolute atomic E-state index is 5.57. The first-order valence-corrected chi connectivity index (χ1v) is 4.11. The predicted octanol–water partition coefficient (Wildman–Crippen LogP) is 1.53. The fourth-order valence-corrected chi connectivity index (χ4v) is 1.16. The van der Waals surface area contributed by atoms with E-state index >= 15 is 0 Å². The van der Waals surface area contributed by atoms with Crippen molar-refractivity contribution in [3.05, 3.63) is 23.4 Å². The molecule has 3 nitrogen and oxygen atoms in total. The first-order chi connectivity index (χ1) is 5.63. The number of allylic oxidation sites excluding steroid dienone is 1. The third-order valence-electron chi connectivity index (χ3n) is 1.59. The standard InChI is InChI=1S/C9H15N3/c1-4-9-11-8(3)6-12(9)5-7(2)10/h5-6H,4,10H2,1-3H3/b7-5-. The molecule has 1 heterocycles. The van der Waals surface area contributed by atoms with Crippen molar-refractivity contribution in [1.82, 2.24) is 9.55 Å². The summed E-state index contributed by atoms with van der Waals surface area (Å²) in [5, 5.41) is 0. The lowest BCUT2D eigenvalue weighted by atomic mass is 10.4. The van der Waals surface area contributed by atoms with Crippen LogP contribution in [-0.4, -0.2) is 9.55 Å². The molecule has 0 aliphatic carbocycles. The Morgan fingerprint density at radius 1 is 1.75 bits per heavy atom. The molecule has 1 aromatic heterocycles. The highest BCUT2D eigenvalue weighted by Crippen LogP contribution is 2.04. The zero-order valence-electron chi connectivity index (χ0n) is 7.83. The van der Waals surface area contributed by atoms with E-state index in [9.17, 15) is 0 Å². The van der Waals surface area contributed by atoms with Gasteiger partial charge in [0.2, 0.25) is 0 Å². The van der Waals surface area contributed by atoms with Crippen molar-refractivity contribution in [2.24, 2.45) is 5.73 Å². The number of aromatic nitrogens is 2. The van der Waals surface area contributed by atoms with Crippen molar-refractivity contribution in [2.75, 3.05) is 0 Å². The monoisotopic (exact) mass is 165 g/mol.